The molecule has 0 radical (unpaired) electrons. The van der Waals surface area contributed by atoms with E-state index in [1.54, 1.807) is 0 Å². The van der Waals surface area contributed by atoms with Gasteiger partial charge in [-0.05, 0) is 75.0 Å². The van der Waals surface area contributed by atoms with Crippen molar-refractivity contribution in [1.29, 1.82) is 5.41 Å². The van der Waals surface area contributed by atoms with E-state index in [4.69, 9.17) is 4.99 Å². The molecule has 0 bridgehead atoms. The second-order valence-corrected chi connectivity index (χ2v) is 13.3. The molecule has 1 aliphatic rings. The van der Waals surface area contributed by atoms with Crippen LogP contribution in [0.3, 0.4) is 0 Å². The number of aromatic nitrogens is 2. The zero-order chi connectivity index (χ0) is 34.6. The topological polar surface area (TPSA) is 56.9 Å². The van der Waals surface area contributed by atoms with E-state index < -0.39 is 0 Å². The van der Waals surface area contributed by atoms with Crippen molar-refractivity contribution in [3.05, 3.63) is 187 Å². The number of nitrogens with one attached hydrogen (secondary N) is 2. The van der Waals surface area contributed by atoms with Crippen LogP contribution in [0.4, 0.5) is 0 Å². The highest BCUT2D eigenvalue weighted by Gasteiger charge is 2.17. The zero-order valence-electron chi connectivity index (χ0n) is 28.2. The van der Waals surface area contributed by atoms with Crippen LogP contribution in [0.1, 0.15) is 5.56 Å². The van der Waals surface area contributed by atoms with Crippen LogP contribution in [0.15, 0.2) is 187 Å². The number of para-hydroxylation sites is 2. The number of hydrogen-bond acceptors (Lipinski definition) is 1. The highest BCUT2D eigenvalue weighted by Crippen LogP contribution is 2.39. The minimum Gasteiger partial charge on any atom is -0.354 e. The van der Waals surface area contributed by atoms with Crippen molar-refractivity contribution < 1.29 is 0 Å². The van der Waals surface area contributed by atoms with E-state index in [-0.39, 0.29) is 5.96 Å². The molecule has 0 aliphatic heterocycles. The third kappa shape index (κ3) is 4.92. The van der Waals surface area contributed by atoms with Crippen molar-refractivity contribution in [3.8, 4) is 22.3 Å². The summed E-state index contributed by atoms with van der Waals surface area (Å²) in [6.45, 7) is 0. The molecule has 2 N–H and O–H groups in total. The molecule has 7 aromatic carbocycles. The Labute approximate surface area is 300 Å². The van der Waals surface area contributed by atoms with Crippen LogP contribution in [0, 0.1) is 5.41 Å². The van der Waals surface area contributed by atoms with Gasteiger partial charge in [0.1, 0.15) is 0 Å². The van der Waals surface area contributed by atoms with Crippen LogP contribution in [-0.4, -0.2) is 21.2 Å². The Balaban J connectivity index is 1.06. The minimum absolute atomic E-state index is 0.173. The van der Waals surface area contributed by atoms with Gasteiger partial charge in [-0.25, -0.2) is 4.99 Å². The standard InChI is InChI=1S/C48H32N4/c49-48(51-42-19-9-4-14-35(42)28-31-12-2-1-3-13-31)52-45-21-11-8-16-37(45)38-27-26-34(29-46(38)52)32-22-24-33(25-23-32)41-30-44-47(39-17-6-5-15-36(39)41)40-18-7-10-20-43(40)50-44/h1-30,49-50H/b35-28+,49-48?,51-42?. The second-order valence-electron chi connectivity index (χ2n) is 13.3. The van der Waals surface area contributed by atoms with Crippen molar-refractivity contribution >= 4 is 72.1 Å². The van der Waals surface area contributed by atoms with Gasteiger partial charge in [0.15, 0.2) is 0 Å². The van der Waals surface area contributed by atoms with Crippen LogP contribution in [0.5, 0.6) is 0 Å². The van der Waals surface area contributed by atoms with Crippen molar-refractivity contribution in [2.24, 2.45) is 4.99 Å². The van der Waals surface area contributed by atoms with Crippen LogP contribution >= 0.6 is 0 Å². The molecule has 1 aliphatic carbocycles. The molecule has 0 fully saturated rings. The maximum Gasteiger partial charge on any atom is 0.227 e. The summed E-state index contributed by atoms with van der Waals surface area (Å²) in [7, 11) is 0. The van der Waals surface area contributed by atoms with E-state index in [2.05, 4.69) is 138 Å². The minimum atomic E-state index is 0.173. The Morgan fingerprint density at radius 1 is 0.538 bits per heavy atom. The second kappa shape index (κ2) is 12.1. The molecule has 4 nitrogen and oxygen atoms in total. The predicted octanol–water partition coefficient (Wildman–Crippen LogP) is 12.3. The highest BCUT2D eigenvalue weighted by molar-refractivity contribution is 6.23. The van der Waals surface area contributed by atoms with Gasteiger partial charge in [-0.1, -0.05) is 146 Å². The number of H-pyrrole nitrogens is 1. The molecule has 0 unspecified atom stereocenters. The number of hydrogen-bond donors (Lipinski definition) is 2. The first-order valence-corrected chi connectivity index (χ1v) is 17.6. The van der Waals surface area contributed by atoms with Gasteiger partial charge in [-0.15, -0.1) is 0 Å². The Morgan fingerprint density at radius 2 is 1.19 bits per heavy atom. The first-order valence-electron chi connectivity index (χ1n) is 17.6. The van der Waals surface area contributed by atoms with Gasteiger partial charge >= 0.3 is 0 Å². The highest BCUT2D eigenvalue weighted by atomic mass is 15.1. The van der Waals surface area contributed by atoms with E-state index in [0.29, 0.717) is 0 Å². The van der Waals surface area contributed by atoms with Gasteiger partial charge in [0.25, 0.3) is 0 Å². The lowest BCUT2D eigenvalue weighted by Crippen LogP contribution is -2.12. The van der Waals surface area contributed by atoms with E-state index in [9.17, 15) is 5.41 Å². The molecule has 10 rings (SSSR count). The number of allylic oxidation sites excluding steroid dienone is 5. The summed E-state index contributed by atoms with van der Waals surface area (Å²) in [5.74, 6) is 0.173. The fraction of sp³-hybridized carbons (Fsp3) is 0. The number of benzene rings is 7. The Morgan fingerprint density at radius 3 is 2.04 bits per heavy atom. The fourth-order valence-corrected chi connectivity index (χ4v) is 7.78. The maximum atomic E-state index is 9.36. The summed E-state index contributed by atoms with van der Waals surface area (Å²) < 4.78 is 1.98. The van der Waals surface area contributed by atoms with E-state index >= 15 is 0 Å². The first-order chi connectivity index (χ1) is 25.7. The van der Waals surface area contributed by atoms with Crippen molar-refractivity contribution in [2.75, 3.05) is 0 Å². The van der Waals surface area contributed by atoms with E-state index in [1.807, 2.05) is 53.1 Å². The average molecular weight is 665 g/mol. The molecule has 0 spiro atoms. The smallest absolute Gasteiger partial charge is 0.227 e. The number of aromatic amines is 1. The summed E-state index contributed by atoms with van der Waals surface area (Å²) in [6.07, 6.45) is 10.1. The van der Waals surface area contributed by atoms with Gasteiger partial charge < -0.3 is 4.98 Å². The van der Waals surface area contributed by atoms with Crippen LogP contribution < -0.4 is 0 Å². The number of rotatable bonds is 3. The van der Waals surface area contributed by atoms with Gasteiger partial charge in [0.05, 0.1) is 16.7 Å². The lowest BCUT2D eigenvalue weighted by Gasteiger charge is -2.11. The van der Waals surface area contributed by atoms with Gasteiger partial charge in [0, 0.05) is 38.2 Å². The molecule has 244 valence electrons. The largest absolute Gasteiger partial charge is 0.354 e. The lowest BCUT2D eigenvalue weighted by molar-refractivity contribution is 1.19. The maximum absolute atomic E-state index is 9.36. The SMILES string of the molecule is N=C(N=C1C=CC=C/C1=C\c1ccccc1)n1c2ccccc2c2ccc(-c3ccc(-c4cc5[nH]c6ccccc6c5c5ccccc45)cc3)cc21. The molecule has 52 heavy (non-hydrogen) atoms. The Bertz CT molecular complexity index is 3000. The van der Waals surface area contributed by atoms with E-state index in [0.717, 1.165) is 60.8 Å². The third-order valence-corrected chi connectivity index (χ3v) is 10.2. The number of fused-ring (bicyclic) bond motifs is 8. The van der Waals surface area contributed by atoms with Gasteiger partial charge in [0.2, 0.25) is 5.96 Å². The quantitative estimate of drug-likeness (QED) is 0.140. The lowest BCUT2D eigenvalue weighted by atomic mass is 9.93. The van der Waals surface area contributed by atoms with Crippen LogP contribution in [-0.2, 0) is 0 Å². The average Bonchev–Trinajstić information content (AvgIpc) is 3.74. The number of aliphatic imine (C=N–C) groups is 1. The van der Waals surface area contributed by atoms with Gasteiger partial charge in [-0.2, -0.15) is 0 Å². The first kappa shape index (κ1) is 29.8. The third-order valence-electron chi connectivity index (χ3n) is 10.2. The van der Waals surface area contributed by atoms with Crippen molar-refractivity contribution in [1.82, 2.24) is 9.55 Å². The number of nitrogens with zero attached hydrogens (tertiary/aromatic N) is 2. The molecule has 9 aromatic rings. The zero-order valence-corrected chi connectivity index (χ0v) is 28.2. The molecule has 2 aromatic heterocycles. The summed E-state index contributed by atoms with van der Waals surface area (Å²) in [6, 6.07) is 53.5. The molecular weight excluding hydrogens is 633 g/mol. The van der Waals surface area contributed by atoms with Crippen molar-refractivity contribution in [2.45, 2.75) is 0 Å². The summed E-state index contributed by atoms with van der Waals surface area (Å²) in [5.41, 5.74) is 11.6. The summed E-state index contributed by atoms with van der Waals surface area (Å²) >= 11 is 0. The molecule has 0 amide bonds. The fourth-order valence-electron chi connectivity index (χ4n) is 7.78. The molecule has 2 heterocycles. The Kier molecular flexibility index (Phi) is 6.93. The van der Waals surface area contributed by atoms with Gasteiger partial charge in [-0.3, -0.25) is 9.98 Å². The van der Waals surface area contributed by atoms with Crippen molar-refractivity contribution in [3.63, 3.8) is 0 Å². The van der Waals surface area contributed by atoms with E-state index in [1.165, 1.54) is 32.7 Å². The molecule has 0 atom stereocenters. The monoisotopic (exact) mass is 664 g/mol. The molecule has 4 heteroatoms. The molecule has 0 saturated heterocycles. The van der Waals surface area contributed by atoms with Crippen LogP contribution in [0.2, 0.25) is 0 Å². The van der Waals surface area contributed by atoms with Crippen LogP contribution in [0.25, 0.3) is 82.7 Å². The Hall–Kier alpha value is -7.04. The molecule has 0 saturated carbocycles. The summed E-state index contributed by atoms with van der Waals surface area (Å²) in [5, 5.41) is 16.6. The molecular formula is C48H32N4. The predicted molar refractivity (Wildman–Crippen MR) is 220 cm³/mol. The normalized spacial score (nSPS) is 14.5. The summed E-state index contributed by atoms with van der Waals surface area (Å²) in [4.78, 5) is 8.58.